The molecule has 11 nitrogen and oxygen atoms in total. The molecule has 2 aromatic rings. The van der Waals surface area contributed by atoms with Crippen molar-refractivity contribution in [3.8, 4) is 0 Å². The molecule has 2 rings (SSSR count). The predicted molar refractivity (Wildman–Crippen MR) is 98.1 cm³/mol. The molecule has 0 saturated heterocycles. The van der Waals surface area contributed by atoms with Crippen molar-refractivity contribution in [2.75, 3.05) is 0 Å². The molecule has 0 fully saturated rings. The number of halogens is 2. The number of nitro benzene ring substituents is 1. The van der Waals surface area contributed by atoms with E-state index in [1.165, 1.54) is 17.6 Å². The van der Waals surface area contributed by atoms with Crippen molar-refractivity contribution >= 4 is 28.0 Å². The number of rotatable bonds is 4. The third kappa shape index (κ3) is 7.57. The minimum Gasteiger partial charge on any atom is -0.367 e. The molecule has 0 unspecified atom stereocenters. The molecule has 14 heteroatoms. The van der Waals surface area contributed by atoms with Crippen LogP contribution in [0.1, 0.15) is 11.1 Å². The van der Waals surface area contributed by atoms with Gasteiger partial charge < -0.3 is 5.73 Å². The number of nitrogens with one attached hydrogen (secondary N) is 1. The molecule has 0 bridgehead atoms. The van der Waals surface area contributed by atoms with Crippen LogP contribution in [0, 0.1) is 28.7 Å². The Hall–Kier alpha value is -3.49. The highest BCUT2D eigenvalue weighted by atomic mass is 32.2. The second-order valence-corrected chi connectivity index (χ2v) is 6.63. The Morgan fingerprint density at radius 3 is 2.34 bits per heavy atom. The lowest BCUT2D eigenvalue weighted by Gasteiger charge is -1.98. The summed E-state index contributed by atoms with van der Waals surface area (Å²) in [5.41, 5.74) is 6.02. The van der Waals surface area contributed by atoms with Crippen LogP contribution in [-0.4, -0.2) is 35.3 Å². The van der Waals surface area contributed by atoms with Gasteiger partial charge in [0.1, 0.15) is 5.82 Å². The highest BCUT2D eigenvalue weighted by Crippen LogP contribution is 2.22. The molecular formula is C15H15F2N5O6S. The zero-order valence-corrected chi connectivity index (χ0v) is 15.5. The number of hydrogen-bond donors (Lipinski definition) is 4. The largest absolute Gasteiger partial charge is 0.367 e. The smallest absolute Gasteiger partial charge is 0.313 e. The van der Waals surface area contributed by atoms with Crippen LogP contribution in [0.2, 0.25) is 0 Å². The van der Waals surface area contributed by atoms with Crippen LogP contribution in [0.15, 0.2) is 51.5 Å². The van der Waals surface area contributed by atoms with Crippen LogP contribution < -0.4 is 11.2 Å². The third-order valence-electron chi connectivity index (χ3n) is 3.04. The van der Waals surface area contributed by atoms with Crippen molar-refractivity contribution in [2.24, 2.45) is 15.9 Å². The number of nitrogens with two attached hydrogens (primary N) is 1. The van der Waals surface area contributed by atoms with E-state index in [1.54, 1.807) is 12.1 Å². The van der Waals surface area contributed by atoms with Gasteiger partial charge in [0.15, 0.2) is 0 Å². The van der Waals surface area contributed by atoms with Crippen LogP contribution >= 0.6 is 0 Å². The third-order valence-corrected chi connectivity index (χ3v) is 3.90. The maximum absolute atomic E-state index is 13.2. The lowest BCUT2D eigenvalue weighted by Crippen LogP contribution is -2.27. The van der Waals surface area contributed by atoms with Gasteiger partial charge in [-0.3, -0.25) is 19.9 Å². The van der Waals surface area contributed by atoms with Gasteiger partial charge in [0, 0.05) is 6.07 Å². The van der Waals surface area contributed by atoms with Gasteiger partial charge in [-0.25, -0.2) is 9.87 Å². The molecule has 0 aliphatic heterocycles. The second kappa shape index (κ2) is 10.2. The van der Waals surface area contributed by atoms with E-state index in [0.717, 1.165) is 11.8 Å². The molecule has 2 aromatic carbocycles. The summed E-state index contributed by atoms with van der Waals surface area (Å²) in [4.78, 5) is 9.49. The number of guanidine groups is 1. The molecule has 0 radical (unpaired) electrons. The summed E-state index contributed by atoms with van der Waals surface area (Å²) < 4.78 is 55.6. The van der Waals surface area contributed by atoms with Crippen molar-refractivity contribution in [3.63, 3.8) is 0 Å². The van der Waals surface area contributed by atoms with Gasteiger partial charge in [-0.2, -0.15) is 17.9 Å². The Morgan fingerprint density at radius 2 is 1.86 bits per heavy atom. The van der Waals surface area contributed by atoms with Crippen molar-refractivity contribution < 1.29 is 31.9 Å². The van der Waals surface area contributed by atoms with Crippen LogP contribution in [-0.2, 0) is 10.1 Å². The van der Waals surface area contributed by atoms with E-state index in [9.17, 15) is 27.3 Å². The quantitative estimate of drug-likeness (QED) is 0.186. The van der Waals surface area contributed by atoms with E-state index in [-0.39, 0.29) is 4.90 Å². The maximum atomic E-state index is 13.2. The van der Waals surface area contributed by atoms with Gasteiger partial charge in [0.05, 0.1) is 21.6 Å². The predicted octanol–water partition coefficient (Wildman–Crippen LogP) is 1.74. The molecular weight excluding hydrogens is 416 g/mol. The summed E-state index contributed by atoms with van der Waals surface area (Å²) >= 11 is 0. The van der Waals surface area contributed by atoms with Crippen molar-refractivity contribution in [3.05, 3.63) is 69.3 Å². The van der Waals surface area contributed by atoms with E-state index < -0.39 is 43.9 Å². The molecule has 0 saturated carbocycles. The molecule has 0 spiro atoms. The summed E-state index contributed by atoms with van der Waals surface area (Å²) in [7, 11) is -4.02. The first kappa shape index (κ1) is 23.5. The van der Waals surface area contributed by atoms with Gasteiger partial charge >= 0.3 is 5.69 Å². The normalized spacial score (nSPS) is 11.7. The monoisotopic (exact) mass is 431 g/mol. The summed E-state index contributed by atoms with van der Waals surface area (Å²) in [5.74, 6) is -2.83. The van der Waals surface area contributed by atoms with Crippen LogP contribution in [0.3, 0.4) is 0 Å². The van der Waals surface area contributed by atoms with Crippen LogP contribution in [0.25, 0.3) is 0 Å². The van der Waals surface area contributed by atoms with Crippen molar-refractivity contribution in [2.45, 2.75) is 11.8 Å². The Labute approximate surface area is 163 Å². The number of hydrogen-bond acceptors (Lipinski definition) is 7. The van der Waals surface area contributed by atoms with E-state index >= 15 is 0 Å². The van der Waals surface area contributed by atoms with Crippen LogP contribution in [0.5, 0.6) is 0 Å². The maximum Gasteiger partial charge on any atom is 0.313 e. The molecule has 0 aliphatic rings. The zero-order chi connectivity index (χ0) is 22.2. The Balaban J connectivity index is 0.000000326. The number of aryl methyl sites for hydroxylation is 1. The molecule has 0 aliphatic carbocycles. The summed E-state index contributed by atoms with van der Waals surface area (Å²) in [6.07, 6.45) is 0.731. The molecule has 0 atom stereocenters. The second-order valence-electron chi connectivity index (χ2n) is 5.21. The standard InChI is InChI=1S/C8H7F2N5O3.C7H8O3S/c9-5-1-4(3-12-13-8(11)14-16)7(15(17)18)6(10)2-5;1-6-2-4-7(5-3-6)11(8,9)10/h1-3,16H,(H3,11,13,14);2-5H,1H3,(H,8,9,10)/b12-3+;. The van der Waals surface area contributed by atoms with Crippen molar-refractivity contribution in [1.82, 2.24) is 5.48 Å². The van der Waals surface area contributed by atoms with E-state index in [2.05, 4.69) is 10.2 Å². The van der Waals surface area contributed by atoms with E-state index in [0.29, 0.717) is 12.1 Å². The number of hydroxylamine groups is 1. The van der Waals surface area contributed by atoms with Gasteiger partial charge in [0.25, 0.3) is 10.1 Å². The lowest BCUT2D eigenvalue weighted by atomic mass is 10.2. The fourth-order valence-corrected chi connectivity index (χ4v) is 2.24. The molecule has 5 N–H and O–H groups in total. The SMILES string of the molecule is Cc1ccc(S(=O)(=O)O)cc1.NC(=N/N=C/c1cc(F)cc(F)c1[N+](=O)[O-])NO. The van der Waals surface area contributed by atoms with Crippen LogP contribution in [0.4, 0.5) is 14.5 Å². The lowest BCUT2D eigenvalue weighted by molar-refractivity contribution is -0.387. The van der Waals surface area contributed by atoms with E-state index in [4.69, 9.17) is 15.5 Å². The highest BCUT2D eigenvalue weighted by molar-refractivity contribution is 7.85. The Kier molecular flexibility index (Phi) is 8.25. The first-order valence-electron chi connectivity index (χ1n) is 7.40. The van der Waals surface area contributed by atoms with Gasteiger partial charge in [0.2, 0.25) is 11.8 Å². The Bertz CT molecular complexity index is 1040. The number of nitrogens with zero attached hydrogens (tertiary/aromatic N) is 3. The molecule has 0 heterocycles. The summed E-state index contributed by atoms with van der Waals surface area (Å²) in [6.45, 7) is 1.84. The molecule has 29 heavy (non-hydrogen) atoms. The molecule has 0 amide bonds. The highest BCUT2D eigenvalue weighted by Gasteiger charge is 2.20. The number of benzene rings is 2. The minimum absolute atomic E-state index is 0.0666. The fraction of sp³-hybridized carbons (Fsp3) is 0.0667. The summed E-state index contributed by atoms with van der Waals surface area (Å²) in [5, 5.41) is 25.2. The summed E-state index contributed by atoms with van der Waals surface area (Å²) in [6, 6.07) is 7.08. The van der Waals surface area contributed by atoms with Gasteiger partial charge in [-0.05, 0) is 25.1 Å². The molecule has 156 valence electrons. The van der Waals surface area contributed by atoms with Gasteiger partial charge in [-0.1, -0.05) is 17.7 Å². The van der Waals surface area contributed by atoms with Gasteiger partial charge in [-0.15, -0.1) is 5.10 Å². The average Bonchev–Trinajstić information content (AvgIpc) is 2.60. The fourth-order valence-electron chi connectivity index (χ4n) is 1.76. The zero-order valence-electron chi connectivity index (χ0n) is 14.7. The molecule has 0 aromatic heterocycles. The topological polar surface area (TPSA) is 181 Å². The van der Waals surface area contributed by atoms with Crippen molar-refractivity contribution in [1.29, 1.82) is 0 Å². The average molecular weight is 431 g/mol. The minimum atomic E-state index is -4.02. The first-order chi connectivity index (χ1) is 13.5. The number of nitro groups is 1. The first-order valence-corrected chi connectivity index (χ1v) is 8.84. The van der Waals surface area contributed by atoms with E-state index in [1.807, 2.05) is 6.92 Å². The Morgan fingerprint density at radius 1 is 1.28 bits per heavy atom.